The number of pyridine rings is 1. The molecule has 2 heteroatoms. The van der Waals surface area contributed by atoms with Crippen LogP contribution in [-0.4, -0.2) is 17.6 Å². The third-order valence-corrected chi connectivity index (χ3v) is 4.00. The van der Waals surface area contributed by atoms with Gasteiger partial charge in [0.05, 0.1) is 0 Å². The van der Waals surface area contributed by atoms with E-state index in [4.69, 9.17) is 0 Å². The van der Waals surface area contributed by atoms with Gasteiger partial charge in [0.15, 0.2) is 0 Å². The molecule has 100 valence electrons. The second kappa shape index (κ2) is 7.52. The number of rotatable bonds is 6. The summed E-state index contributed by atoms with van der Waals surface area (Å²) < 4.78 is 0. The van der Waals surface area contributed by atoms with Crippen LogP contribution in [0.3, 0.4) is 0 Å². The van der Waals surface area contributed by atoms with Crippen molar-refractivity contribution in [3.63, 3.8) is 0 Å². The van der Waals surface area contributed by atoms with Crippen LogP contribution in [0.1, 0.15) is 63.5 Å². The van der Waals surface area contributed by atoms with Crippen LogP contribution in [0.2, 0.25) is 0 Å². The number of hydrogen-bond donors (Lipinski definition) is 1. The molecule has 0 amide bonds. The molecule has 1 aliphatic carbocycles. The quantitative estimate of drug-likeness (QED) is 0.823. The van der Waals surface area contributed by atoms with E-state index in [2.05, 4.69) is 29.4 Å². The fourth-order valence-electron chi connectivity index (χ4n) is 2.94. The van der Waals surface area contributed by atoms with Crippen LogP contribution in [0.25, 0.3) is 0 Å². The van der Waals surface area contributed by atoms with Crippen molar-refractivity contribution in [2.24, 2.45) is 0 Å². The van der Waals surface area contributed by atoms with Crippen molar-refractivity contribution in [2.75, 3.05) is 6.54 Å². The third kappa shape index (κ3) is 4.09. The lowest BCUT2D eigenvalue weighted by molar-refractivity contribution is 0.360. The smallest absolute Gasteiger partial charge is 0.0447 e. The van der Waals surface area contributed by atoms with Crippen molar-refractivity contribution in [1.29, 1.82) is 0 Å². The summed E-state index contributed by atoms with van der Waals surface area (Å²) in [6.45, 7) is 3.35. The van der Waals surface area contributed by atoms with Gasteiger partial charge in [-0.05, 0) is 31.4 Å². The maximum Gasteiger partial charge on any atom is 0.0447 e. The predicted octanol–water partition coefficient (Wildman–Crippen LogP) is 3.89. The Balaban J connectivity index is 1.86. The van der Waals surface area contributed by atoms with Gasteiger partial charge in [0, 0.05) is 30.4 Å². The molecule has 0 bridgehead atoms. The van der Waals surface area contributed by atoms with Crippen molar-refractivity contribution >= 4 is 0 Å². The van der Waals surface area contributed by atoms with E-state index in [1.807, 2.05) is 12.3 Å². The van der Waals surface area contributed by atoms with Crippen molar-refractivity contribution in [1.82, 2.24) is 10.3 Å². The van der Waals surface area contributed by atoms with Gasteiger partial charge in [0.1, 0.15) is 0 Å². The number of nitrogens with one attached hydrogen (secondary N) is 1. The van der Waals surface area contributed by atoms with Gasteiger partial charge in [-0.15, -0.1) is 0 Å². The summed E-state index contributed by atoms with van der Waals surface area (Å²) in [6.07, 6.45) is 11.3. The second-order valence-electron chi connectivity index (χ2n) is 5.48. The lowest BCUT2D eigenvalue weighted by atomic mass is 9.93. The molecule has 1 heterocycles. The molecule has 0 aliphatic heterocycles. The van der Waals surface area contributed by atoms with Gasteiger partial charge in [0.25, 0.3) is 0 Å². The summed E-state index contributed by atoms with van der Waals surface area (Å²) in [5, 5.41) is 3.76. The summed E-state index contributed by atoms with van der Waals surface area (Å²) in [5.74, 6) is 0.582. The molecular weight excluding hydrogens is 220 g/mol. The maximum atomic E-state index is 4.52. The summed E-state index contributed by atoms with van der Waals surface area (Å²) in [6, 6.07) is 7.03. The highest BCUT2D eigenvalue weighted by Gasteiger charge is 2.16. The summed E-state index contributed by atoms with van der Waals surface area (Å²) in [7, 11) is 0. The lowest BCUT2D eigenvalue weighted by Gasteiger charge is -2.25. The summed E-state index contributed by atoms with van der Waals surface area (Å²) in [5.41, 5.74) is 1.25. The van der Waals surface area contributed by atoms with Crippen molar-refractivity contribution in [3.05, 3.63) is 30.1 Å². The van der Waals surface area contributed by atoms with E-state index in [0.29, 0.717) is 5.92 Å². The minimum absolute atomic E-state index is 0.582. The van der Waals surface area contributed by atoms with Gasteiger partial charge in [0.2, 0.25) is 0 Å². The topological polar surface area (TPSA) is 24.9 Å². The van der Waals surface area contributed by atoms with E-state index in [1.165, 1.54) is 50.6 Å². The number of nitrogens with zero attached hydrogens (tertiary/aromatic N) is 1. The highest BCUT2D eigenvalue weighted by atomic mass is 14.9. The highest BCUT2D eigenvalue weighted by Crippen LogP contribution is 2.21. The Kier molecular flexibility index (Phi) is 5.66. The van der Waals surface area contributed by atoms with Crippen LogP contribution in [0.5, 0.6) is 0 Å². The zero-order valence-corrected chi connectivity index (χ0v) is 11.6. The molecule has 2 rings (SSSR count). The Bertz CT molecular complexity index is 317. The molecule has 1 aromatic rings. The largest absolute Gasteiger partial charge is 0.313 e. The Labute approximate surface area is 111 Å². The van der Waals surface area contributed by atoms with Crippen LogP contribution < -0.4 is 5.32 Å². The molecule has 1 fully saturated rings. The fourth-order valence-corrected chi connectivity index (χ4v) is 2.94. The Morgan fingerprint density at radius 2 is 2.11 bits per heavy atom. The van der Waals surface area contributed by atoms with Crippen LogP contribution in [0.15, 0.2) is 24.4 Å². The minimum atomic E-state index is 0.582. The molecule has 1 aliphatic rings. The second-order valence-corrected chi connectivity index (χ2v) is 5.48. The molecule has 0 spiro atoms. The lowest BCUT2D eigenvalue weighted by Crippen LogP contribution is -2.34. The fraction of sp³-hybridized carbons (Fsp3) is 0.688. The number of aromatic nitrogens is 1. The molecule has 0 aromatic carbocycles. The summed E-state index contributed by atoms with van der Waals surface area (Å²) >= 11 is 0. The van der Waals surface area contributed by atoms with Crippen molar-refractivity contribution in [2.45, 2.75) is 63.8 Å². The maximum absolute atomic E-state index is 4.52. The molecular formula is C16H26N2. The van der Waals surface area contributed by atoms with E-state index >= 15 is 0 Å². The first-order valence-electron chi connectivity index (χ1n) is 7.54. The van der Waals surface area contributed by atoms with Gasteiger partial charge < -0.3 is 5.32 Å². The van der Waals surface area contributed by atoms with Gasteiger partial charge in [-0.3, -0.25) is 4.98 Å². The molecule has 1 N–H and O–H groups in total. The molecule has 18 heavy (non-hydrogen) atoms. The minimum Gasteiger partial charge on any atom is -0.313 e. The highest BCUT2D eigenvalue weighted by molar-refractivity contribution is 5.10. The predicted molar refractivity (Wildman–Crippen MR) is 76.8 cm³/mol. The summed E-state index contributed by atoms with van der Waals surface area (Å²) in [4.78, 5) is 4.52. The van der Waals surface area contributed by atoms with Crippen molar-refractivity contribution < 1.29 is 0 Å². The molecule has 1 aromatic heterocycles. The van der Waals surface area contributed by atoms with Gasteiger partial charge >= 0.3 is 0 Å². The average molecular weight is 246 g/mol. The normalized spacial score (nSPS) is 18.7. The molecule has 1 unspecified atom stereocenters. The zero-order chi connectivity index (χ0) is 12.6. The van der Waals surface area contributed by atoms with E-state index in [9.17, 15) is 0 Å². The third-order valence-electron chi connectivity index (χ3n) is 4.00. The standard InChI is InChI=1S/C16H26N2/c1-2-8-14(16-11-6-7-12-17-16)13-18-15-9-4-3-5-10-15/h6-7,11-12,14-15,18H,2-5,8-10,13H2,1H3. The van der Waals surface area contributed by atoms with Crippen LogP contribution in [0, 0.1) is 0 Å². The molecule has 0 saturated heterocycles. The van der Waals surface area contributed by atoms with E-state index < -0.39 is 0 Å². The first-order chi connectivity index (χ1) is 8.90. The van der Waals surface area contributed by atoms with Gasteiger partial charge in [-0.25, -0.2) is 0 Å². The van der Waals surface area contributed by atoms with E-state index in [-0.39, 0.29) is 0 Å². The van der Waals surface area contributed by atoms with Gasteiger partial charge in [-0.2, -0.15) is 0 Å². The van der Waals surface area contributed by atoms with Crippen LogP contribution in [-0.2, 0) is 0 Å². The van der Waals surface area contributed by atoms with Crippen LogP contribution in [0.4, 0.5) is 0 Å². The average Bonchev–Trinajstić information content (AvgIpc) is 2.45. The number of hydrogen-bond acceptors (Lipinski definition) is 2. The molecule has 0 radical (unpaired) electrons. The van der Waals surface area contributed by atoms with Crippen LogP contribution >= 0.6 is 0 Å². The van der Waals surface area contributed by atoms with E-state index in [1.54, 1.807) is 0 Å². The first-order valence-corrected chi connectivity index (χ1v) is 7.54. The Hall–Kier alpha value is -0.890. The first kappa shape index (κ1) is 13.5. The molecule has 1 saturated carbocycles. The Morgan fingerprint density at radius 3 is 2.78 bits per heavy atom. The Morgan fingerprint density at radius 1 is 1.28 bits per heavy atom. The van der Waals surface area contributed by atoms with E-state index in [0.717, 1.165) is 12.6 Å². The molecule has 1 atom stereocenters. The van der Waals surface area contributed by atoms with Crippen molar-refractivity contribution in [3.8, 4) is 0 Å². The zero-order valence-electron chi connectivity index (χ0n) is 11.6. The van der Waals surface area contributed by atoms with Gasteiger partial charge in [-0.1, -0.05) is 38.7 Å². The molecule has 2 nitrogen and oxygen atoms in total. The monoisotopic (exact) mass is 246 g/mol. The SMILES string of the molecule is CCCC(CNC1CCCCC1)c1ccccn1.